The van der Waals surface area contributed by atoms with Crippen molar-refractivity contribution in [2.24, 2.45) is 13.0 Å². The number of halogens is 1. The lowest BCUT2D eigenvalue weighted by Crippen LogP contribution is -2.28. The van der Waals surface area contributed by atoms with Gasteiger partial charge in [-0.3, -0.25) is 4.79 Å². The van der Waals surface area contributed by atoms with Crippen molar-refractivity contribution in [1.82, 2.24) is 19.7 Å². The highest BCUT2D eigenvalue weighted by molar-refractivity contribution is 7.99. The zero-order chi connectivity index (χ0) is 23.0. The SMILES string of the molecule is COc1ccc([C@@]23C[C@H]2CN(CCCSc2nnc(C4CCOCC4)n2C)C3)cc1C(C)=O.Cl. The Hall–Kier alpha value is -1.61. The maximum absolute atomic E-state index is 12.1. The predicted molar refractivity (Wildman–Crippen MR) is 136 cm³/mol. The molecule has 0 spiro atoms. The molecule has 3 fully saturated rings. The number of hydrogen-bond acceptors (Lipinski definition) is 7. The molecule has 2 saturated heterocycles. The number of benzene rings is 1. The van der Waals surface area contributed by atoms with Crippen LogP contribution in [-0.2, 0) is 17.2 Å². The van der Waals surface area contributed by atoms with E-state index in [-0.39, 0.29) is 23.6 Å². The van der Waals surface area contributed by atoms with Crippen molar-refractivity contribution in [3.05, 3.63) is 35.2 Å². The Morgan fingerprint density at radius 2 is 2.09 bits per heavy atom. The minimum absolute atomic E-state index is 0. The van der Waals surface area contributed by atoms with Crippen LogP contribution in [-0.4, -0.2) is 71.2 Å². The van der Waals surface area contributed by atoms with Gasteiger partial charge < -0.3 is 18.9 Å². The van der Waals surface area contributed by atoms with Crippen molar-refractivity contribution in [1.29, 1.82) is 0 Å². The number of methoxy groups -OCH3 is 1. The van der Waals surface area contributed by atoms with Gasteiger partial charge in [-0.25, -0.2) is 0 Å². The number of fused-ring (bicyclic) bond motifs is 1. The van der Waals surface area contributed by atoms with E-state index < -0.39 is 0 Å². The molecule has 34 heavy (non-hydrogen) atoms. The molecule has 0 radical (unpaired) electrons. The van der Waals surface area contributed by atoms with Crippen LogP contribution in [0.15, 0.2) is 23.4 Å². The third-order valence-electron chi connectivity index (χ3n) is 7.67. The average Bonchev–Trinajstić information content (AvgIpc) is 3.21. The Bertz CT molecular complexity index is 1030. The average molecular weight is 507 g/mol. The van der Waals surface area contributed by atoms with E-state index in [1.807, 2.05) is 17.8 Å². The van der Waals surface area contributed by atoms with Gasteiger partial charge in [0.05, 0.1) is 12.7 Å². The van der Waals surface area contributed by atoms with Crippen LogP contribution in [0.25, 0.3) is 0 Å². The van der Waals surface area contributed by atoms with E-state index >= 15 is 0 Å². The number of piperidine rings is 1. The first-order valence-electron chi connectivity index (χ1n) is 12.0. The van der Waals surface area contributed by atoms with Gasteiger partial charge in [-0.05, 0) is 62.8 Å². The molecule has 0 N–H and O–H groups in total. The number of carbonyl (C=O) groups excluding carboxylic acids is 1. The Labute approximate surface area is 212 Å². The summed E-state index contributed by atoms with van der Waals surface area (Å²) in [7, 11) is 3.72. The summed E-state index contributed by atoms with van der Waals surface area (Å²) in [6, 6.07) is 6.20. The lowest BCUT2D eigenvalue weighted by Gasteiger charge is -2.22. The molecule has 7 nitrogen and oxygen atoms in total. The molecule has 5 rings (SSSR count). The number of Topliss-reactive ketones (excluding diaryl/α,β-unsaturated/α-hetero) is 1. The fraction of sp³-hybridized carbons (Fsp3) is 0.640. The molecule has 1 aromatic carbocycles. The molecule has 0 unspecified atom stereocenters. The lowest BCUT2D eigenvalue weighted by atomic mass is 9.92. The standard InChI is InChI=1S/C25H34N4O3S.ClH/c1-17(30)21-13-19(5-6-22(21)31-3)25-14-20(25)15-29(16-25)9-4-12-33-24-27-26-23(28(24)2)18-7-10-32-11-8-18;/h5-6,13,18,20H,4,7-12,14-16H2,1-3H3;1H/t20-,25-;/m0./s1. The van der Waals surface area contributed by atoms with E-state index in [0.29, 0.717) is 23.1 Å². The summed E-state index contributed by atoms with van der Waals surface area (Å²) >= 11 is 1.81. The number of rotatable bonds is 9. The molecule has 186 valence electrons. The number of nitrogens with zero attached hydrogens (tertiary/aromatic N) is 4. The van der Waals surface area contributed by atoms with Gasteiger partial charge in [0.2, 0.25) is 0 Å². The topological polar surface area (TPSA) is 69.5 Å². The van der Waals surface area contributed by atoms with Crippen LogP contribution < -0.4 is 4.74 Å². The Balaban J connectivity index is 0.00000274. The minimum atomic E-state index is 0. The fourth-order valence-corrected chi connectivity index (χ4v) is 6.55. The predicted octanol–water partition coefficient (Wildman–Crippen LogP) is 4.10. The number of hydrogen-bond donors (Lipinski definition) is 0. The zero-order valence-corrected chi connectivity index (χ0v) is 21.9. The van der Waals surface area contributed by atoms with Crippen LogP contribution in [0.5, 0.6) is 5.75 Å². The van der Waals surface area contributed by atoms with E-state index in [1.165, 1.54) is 12.0 Å². The molecule has 3 aliphatic rings. The van der Waals surface area contributed by atoms with Crippen molar-refractivity contribution >= 4 is 30.0 Å². The van der Waals surface area contributed by atoms with Gasteiger partial charge in [-0.15, -0.1) is 22.6 Å². The summed E-state index contributed by atoms with van der Waals surface area (Å²) in [6.45, 7) is 6.61. The molecule has 1 aromatic heterocycles. The molecule has 1 aliphatic carbocycles. The van der Waals surface area contributed by atoms with Crippen molar-refractivity contribution in [3.8, 4) is 5.75 Å². The van der Waals surface area contributed by atoms with Crippen LogP contribution >= 0.6 is 24.2 Å². The molecule has 9 heteroatoms. The van der Waals surface area contributed by atoms with E-state index in [0.717, 1.165) is 68.8 Å². The van der Waals surface area contributed by atoms with Crippen molar-refractivity contribution in [3.63, 3.8) is 0 Å². The number of ether oxygens (including phenoxy) is 2. The van der Waals surface area contributed by atoms with Crippen molar-refractivity contribution < 1.29 is 14.3 Å². The number of thioether (sulfide) groups is 1. The van der Waals surface area contributed by atoms with Gasteiger partial charge in [0.15, 0.2) is 10.9 Å². The summed E-state index contributed by atoms with van der Waals surface area (Å²) in [5.41, 5.74) is 2.23. The summed E-state index contributed by atoms with van der Waals surface area (Å²) in [5.74, 6) is 4.07. The molecule has 2 aliphatic heterocycles. The maximum atomic E-state index is 12.1. The summed E-state index contributed by atoms with van der Waals surface area (Å²) in [5, 5.41) is 9.95. The molecule has 0 bridgehead atoms. The maximum Gasteiger partial charge on any atom is 0.190 e. The third kappa shape index (κ3) is 4.87. The first-order valence-corrected chi connectivity index (χ1v) is 13.0. The van der Waals surface area contributed by atoms with E-state index in [9.17, 15) is 4.79 Å². The quantitative estimate of drug-likeness (QED) is 0.288. The Morgan fingerprint density at radius 1 is 1.29 bits per heavy atom. The lowest BCUT2D eigenvalue weighted by molar-refractivity contribution is 0.0828. The second-order valence-corrected chi connectivity index (χ2v) is 10.8. The smallest absolute Gasteiger partial charge is 0.190 e. The summed E-state index contributed by atoms with van der Waals surface area (Å²) < 4.78 is 13.0. The highest BCUT2D eigenvalue weighted by atomic mass is 35.5. The Morgan fingerprint density at radius 3 is 2.82 bits per heavy atom. The number of carbonyl (C=O) groups is 1. The monoisotopic (exact) mass is 506 g/mol. The molecular formula is C25H35ClN4O3S. The molecule has 2 atom stereocenters. The van der Waals surface area contributed by atoms with Crippen LogP contribution in [0.4, 0.5) is 0 Å². The largest absolute Gasteiger partial charge is 0.496 e. The number of aromatic nitrogens is 3. The van der Waals surface area contributed by atoms with Gasteiger partial charge in [-0.1, -0.05) is 17.8 Å². The van der Waals surface area contributed by atoms with E-state index in [4.69, 9.17) is 9.47 Å². The second-order valence-electron chi connectivity index (χ2n) is 9.75. The third-order valence-corrected chi connectivity index (χ3v) is 8.78. The van der Waals surface area contributed by atoms with Gasteiger partial charge in [0.1, 0.15) is 11.6 Å². The molecule has 3 heterocycles. The second kappa shape index (κ2) is 10.6. The first-order chi connectivity index (χ1) is 16.0. The highest BCUT2D eigenvalue weighted by Crippen LogP contribution is 2.59. The molecule has 1 saturated carbocycles. The van der Waals surface area contributed by atoms with Crippen LogP contribution in [0.3, 0.4) is 0 Å². The van der Waals surface area contributed by atoms with Gasteiger partial charge in [-0.2, -0.15) is 0 Å². The molecule has 0 amide bonds. The fourth-order valence-electron chi connectivity index (χ4n) is 5.71. The van der Waals surface area contributed by atoms with Crippen LogP contribution in [0, 0.1) is 5.92 Å². The molecular weight excluding hydrogens is 472 g/mol. The zero-order valence-electron chi connectivity index (χ0n) is 20.3. The summed E-state index contributed by atoms with van der Waals surface area (Å²) in [6.07, 6.45) is 4.44. The number of likely N-dealkylation sites (tertiary alicyclic amines) is 1. The normalized spacial score (nSPS) is 24.5. The highest BCUT2D eigenvalue weighted by Gasteiger charge is 2.60. The van der Waals surface area contributed by atoms with Crippen LogP contribution in [0.1, 0.15) is 60.3 Å². The number of ketones is 1. The van der Waals surface area contributed by atoms with Crippen molar-refractivity contribution in [2.75, 3.05) is 45.7 Å². The first kappa shape index (κ1) is 25.5. The minimum Gasteiger partial charge on any atom is -0.496 e. The van der Waals surface area contributed by atoms with Crippen molar-refractivity contribution in [2.45, 2.75) is 49.1 Å². The van der Waals surface area contributed by atoms with E-state index in [2.05, 4.69) is 38.8 Å². The Kier molecular flexibility index (Phi) is 7.92. The summed E-state index contributed by atoms with van der Waals surface area (Å²) in [4.78, 5) is 14.7. The van der Waals surface area contributed by atoms with Gasteiger partial charge in [0, 0.05) is 50.4 Å². The molecule has 2 aromatic rings. The van der Waals surface area contributed by atoms with E-state index in [1.54, 1.807) is 14.0 Å². The van der Waals surface area contributed by atoms with Crippen LogP contribution in [0.2, 0.25) is 0 Å². The van der Waals surface area contributed by atoms with Gasteiger partial charge >= 0.3 is 0 Å². The van der Waals surface area contributed by atoms with Gasteiger partial charge in [0.25, 0.3) is 0 Å².